The van der Waals surface area contributed by atoms with Gasteiger partial charge in [0, 0.05) is 12.7 Å². The van der Waals surface area contributed by atoms with Gasteiger partial charge in [-0.3, -0.25) is 9.78 Å². The summed E-state index contributed by atoms with van der Waals surface area (Å²) in [6, 6.07) is 18.3. The van der Waals surface area contributed by atoms with Gasteiger partial charge in [-0.05, 0) is 42.0 Å². The molecule has 2 aromatic carbocycles. The molecule has 0 bridgehead atoms. The van der Waals surface area contributed by atoms with E-state index >= 15 is 0 Å². The van der Waals surface area contributed by atoms with Gasteiger partial charge < -0.3 is 10.1 Å². The second kappa shape index (κ2) is 8.52. The molecule has 0 aliphatic heterocycles. The van der Waals surface area contributed by atoms with E-state index in [1.807, 2.05) is 6.07 Å². The zero-order valence-corrected chi connectivity index (χ0v) is 16.1. The zero-order chi connectivity index (χ0) is 20.9. The van der Waals surface area contributed by atoms with Crippen LogP contribution in [0.3, 0.4) is 0 Å². The first-order valence-electron chi connectivity index (χ1n) is 9.20. The maximum atomic E-state index is 13.2. The predicted molar refractivity (Wildman–Crippen MR) is 110 cm³/mol. The average Bonchev–Trinajstić information content (AvgIpc) is 3.23. The molecule has 0 aliphatic carbocycles. The standard InChI is InChI=1S/C22H18FN5O2/c1-30-19-8-3-2-6-17(19)21(29)28-22(25-14-15-9-11-16(23)12-10-15)26-20(27-28)18-7-4-5-13-24-18/h2-13H,14H2,1H3,(H,25,26,27). The molecule has 4 aromatic rings. The summed E-state index contributed by atoms with van der Waals surface area (Å²) in [5.74, 6) is 0.271. The van der Waals surface area contributed by atoms with Crippen molar-refractivity contribution in [3.63, 3.8) is 0 Å². The second-order valence-electron chi connectivity index (χ2n) is 6.37. The molecule has 0 radical (unpaired) electrons. The van der Waals surface area contributed by atoms with Gasteiger partial charge in [0.25, 0.3) is 5.91 Å². The summed E-state index contributed by atoms with van der Waals surface area (Å²) < 4.78 is 19.7. The molecule has 0 saturated carbocycles. The summed E-state index contributed by atoms with van der Waals surface area (Å²) in [6.07, 6.45) is 1.63. The predicted octanol–water partition coefficient (Wildman–Crippen LogP) is 3.79. The molecule has 0 spiro atoms. The van der Waals surface area contributed by atoms with Crippen LogP contribution in [0.1, 0.15) is 15.9 Å². The molecule has 0 aliphatic rings. The summed E-state index contributed by atoms with van der Waals surface area (Å²) in [6.45, 7) is 0.333. The second-order valence-corrected chi connectivity index (χ2v) is 6.37. The number of hydrogen-bond acceptors (Lipinski definition) is 6. The van der Waals surface area contributed by atoms with E-state index in [2.05, 4.69) is 20.4 Å². The lowest BCUT2D eigenvalue weighted by molar-refractivity contribution is 0.0944. The van der Waals surface area contributed by atoms with Crippen molar-refractivity contribution < 1.29 is 13.9 Å². The van der Waals surface area contributed by atoms with Crippen LogP contribution in [0.4, 0.5) is 10.3 Å². The molecule has 1 N–H and O–H groups in total. The van der Waals surface area contributed by atoms with Crippen molar-refractivity contribution in [2.24, 2.45) is 0 Å². The summed E-state index contributed by atoms with van der Waals surface area (Å²) in [5, 5.41) is 7.48. The van der Waals surface area contributed by atoms with Gasteiger partial charge in [-0.15, -0.1) is 5.10 Å². The molecule has 0 atom stereocenters. The van der Waals surface area contributed by atoms with E-state index < -0.39 is 5.91 Å². The molecule has 0 fully saturated rings. The number of hydrogen-bond donors (Lipinski definition) is 1. The smallest absolute Gasteiger partial charge is 0.285 e. The molecular formula is C22H18FN5O2. The van der Waals surface area contributed by atoms with Crippen LogP contribution in [0, 0.1) is 5.82 Å². The Hall–Kier alpha value is -4.07. The first-order valence-corrected chi connectivity index (χ1v) is 9.20. The fraction of sp³-hybridized carbons (Fsp3) is 0.0909. The van der Waals surface area contributed by atoms with Crippen molar-refractivity contribution in [2.45, 2.75) is 6.54 Å². The van der Waals surface area contributed by atoms with Crippen LogP contribution >= 0.6 is 0 Å². The molecule has 0 amide bonds. The van der Waals surface area contributed by atoms with Crippen LogP contribution in [0.5, 0.6) is 5.75 Å². The van der Waals surface area contributed by atoms with E-state index in [-0.39, 0.29) is 11.8 Å². The van der Waals surface area contributed by atoms with Gasteiger partial charge in [-0.1, -0.05) is 30.3 Å². The number of nitrogens with zero attached hydrogens (tertiary/aromatic N) is 4. The number of aromatic nitrogens is 4. The van der Waals surface area contributed by atoms with Gasteiger partial charge in [0.15, 0.2) is 0 Å². The number of para-hydroxylation sites is 1. The monoisotopic (exact) mass is 403 g/mol. The highest BCUT2D eigenvalue weighted by Gasteiger charge is 2.21. The number of carbonyl (C=O) groups excluding carboxylic acids is 1. The minimum absolute atomic E-state index is 0.246. The van der Waals surface area contributed by atoms with Crippen molar-refractivity contribution in [1.82, 2.24) is 19.7 Å². The maximum absolute atomic E-state index is 13.2. The number of halogens is 1. The van der Waals surface area contributed by atoms with Crippen LogP contribution in [-0.2, 0) is 6.54 Å². The first kappa shape index (κ1) is 19.3. The lowest BCUT2D eigenvalue weighted by Crippen LogP contribution is -2.18. The van der Waals surface area contributed by atoms with Gasteiger partial charge in [-0.2, -0.15) is 9.67 Å². The van der Waals surface area contributed by atoms with Crippen molar-refractivity contribution in [2.75, 3.05) is 12.4 Å². The van der Waals surface area contributed by atoms with Gasteiger partial charge >= 0.3 is 0 Å². The average molecular weight is 403 g/mol. The molecule has 4 rings (SSSR count). The number of carbonyl (C=O) groups is 1. The normalized spacial score (nSPS) is 10.6. The van der Waals surface area contributed by atoms with Crippen LogP contribution in [0.15, 0.2) is 72.9 Å². The third-order valence-electron chi connectivity index (χ3n) is 4.39. The lowest BCUT2D eigenvalue weighted by Gasteiger charge is -2.10. The van der Waals surface area contributed by atoms with Gasteiger partial charge in [-0.25, -0.2) is 4.39 Å². The van der Waals surface area contributed by atoms with E-state index in [1.54, 1.807) is 54.7 Å². The minimum Gasteiger partial charge on any atom is -0.496 e. The maximum Gasteiger partial charge on any atom is 0.285 e. The van der Waals surface area contributed by atoms with E-state index in [1.165, 1.54) is 23.9 Å². The summed E-state index contributed by atoms with van der Waals surface area (Å²) in [7, 11) is 1.50. The summed E-state index contributed by atoms with van der Waals surface area (Å²) in [4.78, 5) is 21.9. The molecule has 150 valence electrons. The molecule has 0 unspecified atom stereocenters. The van der Waals surface area contributed by atoms with Crippen LogP contribution in [0.25, 0.3) is 11.5 Å². The number of methoxy groups -OCH3 is 1. The third-order valence-corrected chi connectivity index (χ3v) is 4.39. The van der Waals surface area contributed by atoms with Crippen LogP contribution < -0.4 is 10.1 Å². The quantitative estimate of drug-likeness (QED) is 0.528. The first-order chi connectivity index (χ1) is 14.7. The Kier molecular flexibility index (Phi) is 5.47. The highest BCUT2D eigenvalue weighted by molar-refractivity contribution is 5.99. The SMILES string of the molecule is COc1ccccc1C(=O)n1nc(-c2ccccn2)nc1NCc1ccc(F)cc1. The fourth-order valence-electron chi connectivity index (χ4n) is 2.89. The molecule has 2 heterocycles. The molecule has 2 aromatic heterocycles. The van der Waals surface area contributed by atoms with Crippen molar-refractivity contribution in [3.8, 4) is 17.3 Å². The molecule has 8 heteroatoms. The van der Waals surface area contributed by atoms with Crippen molar-refractivity contribution in [3.05, 3.63) is 89.9 Å². The highest BCUT2D eigenvalue weighted by atomic mass is 19.1. The van der Waals surface area contributed by atoms with Crippen molar-refractivity contribution in [1.29, 1.82) is 0 Å². The minimum atomic E-state index is -0.399. The number of rotatable bonds is 6. The summed E-state index contributed by atoms with van der Waals surface area (Å²) in [5.41, 5.74) is 1.71. The Morgan fingerprint density at radius 3 is 2.57 bits per heavy atom. The molecule has 0 saturated heterocycles. The molecule has 7 nitrogen and oxygen atoms in total. The third kappa shape index (κ3) is 4.02. The lowest BCUT2D eigenvalue weighted by atomic mass is 10.2. The number of pyridine rings is 1. The number of nitrogens with one attached hydrogen (secondary N) is 1. The Bertz CT molecular complexity index is 1160. The zero-order valence-electron chi connectivity index (χ0n) is 16.1. The molecule has 30 heavy (non-hydrogen) atoms. The highest BCUT2D eigenvalue weighted by Crippen LogP contribution is 2.22. The van der Waals surface area contributed by atoms with Crippen LogP contribution in [-0.4, -0.2) is 32.8 Å². The Morgan fingerprint density at radius 2 is 1.83 bits per heavy atom. The van der Waals surface area contributed by atoms with Gasteiger partial charge in [0.2, 0.25) is 11.8 Å². The van der Waals surface area contributed by atoms with Crippen LogP contribution in [0.2, 0.25) is 0 Å². The number of benzene rings is 2. The fourth-order valence-corrected chi connectivity index (χ4v) is 2.89. The Morgan fingerprint density at radius 1 is 1.07 bits per heavy atom. The largest absolute Gasteiger partial charge is 0.496 e. The Balaban J connectivity index is 1.70. The van der Waals surface area contributed by atoms with E-state index in [0.717, 1.165) is 5.56 Å². The van der Waals surface area contributed by atoms with Gasteiger partial charge in [0.05, 0.1) is 12.7 Å². The number of ether oxygens (including phenoxy) is 1. The summed E-state index contributed by atoms with van der Waals surface area (Å²) >= 11 is 0. The topological polar surface area (TPSA) is 81.9 Å². The van der Waals surface area contributed by atoms with E-state index in [9.17, 15) is 9.18 Å². The van der Waals surface area contributed by atoms with Crippen molar-refractivity contribution >= 4 is 11.9 Å². The van der Waals surface area contributed by atoms with Gasteiger partial charge in [0.1, 0.15) is 17.3 Å². The Labute approximate surface area is 172 Å². The van der Waals surface area contributed by atoms with E-state index in [0.29, 0.717) is 29.4 Å². The molecular weight excluding hydrogens is 385 g/mol. The number of anilines is 1. The van der Waals surface area contributed by atoms with E-state index in [4.69, 9.17) is 4.74 Å².